The number of esters is 1. The normalized spacial score (nSPS) is 11.3. The van der Waals surface area contributed by atoms with Crippen LogP contribution < -0.4 is 10.6 Å². The standard InChI is InChI=1S/C24H24N2O2S/c1-18-12-14-21(15-13-18)25-24(29)26-22(16-19-8-4-2-5-9-19)23(27)28-17-20-10-6-3-7-11-20/h2-15,22H,16-17H2,1H3,(H2,25,26,29)/t22-/m0/s1. The molecule has 0 saturated heterocycles. The van der Waals surface area contributed by atoms with Gasteiger partial charge in [0, 0.05) is 12.1 Å². The molecule has 5 heteroatoms. The van der Waals surface area contributed by atoms with Crippen LogP contribution in [0.1, 0.15) is 16.7 Å². The van der Waals surface area contributed by atoms with Crippen LogP contribution in [0.4, 0.5) is 5.69 Å². The van der Waals surface area contributed by atoms with Crippen LogP contribution in [0.2, 0.25) is 0 Å². The van der Waals surface area contributed by atoms with E-state index in [1.165, 1.54) is 5.56 Å². The zero-order valence-corrected chi connectivity index (χ0v) is 17.1. The first kappa shape index (κ1) is 20.6. The third-order valence-electron chi connectivity index (χ3n) is 4.41. The smallest absolute Gasteiger partial charge is 0.329 e. The molecule has 4 nitrogen and oxygen atoms in total. The van der Waals surface area contributed by atoms with Gasteiger partial charge in [0.15, 0.2) is 5.11 Å². The number of hydrogen-bond donors (Lipinski definition) is 2. The SMILES string of the molecule is Cc1ccc(NC(=S)N[C@@H](Cc2ccccc2)C(=O)OCc2ccccc2)cc1. The van der Waals surface area contributed by atoms with Crippen molar-refractivity contribution < 1.29 is 9.53 Å². The molecule has 3 rings (SSSR count). The molecule has 148 valence electrons. The molecule has 0 aliphatic rings. The first-order chi connectivity index (χ1) is 14.1. The fraction of sp³-hybridized carbons (Fsp3) is 0.167. The van der Waals surface area contributed by atoms with Gasteiger partial charge in [0.25, 0.3) is 0 Å². The first-order valence-electron chi connectivity index (χ1n) is 9.49. The molecule has 3 aromatic rings. The number of carbonyl (C=O) groups is 1. The van der Waals surface area contributed by atoms with Crippen molar-refractivity contribution in [3.63, 3.8) is 0 Å². The van der Waals surface area contributed by atoms with Crippen molar-refractivity contribution in [2.24, 2.45) is 0 Å². The molecule has 0 fully saturated rings. The molecule has 0 unspecified atom stereocenters. The van der Waals surface area contributed by atoms with Gasteiger partial charge in [0.1, 0.15) is 12.6 Å². The van der Waals surface area contributed by atoms with Gasteiger partial charge < -0.3 is 15.4 Å². The summed E-state index contributed by atoms with van der Waals surface area (Å²) in [5, 5.41) is 6.62. The zero-order chi connectivity index (χ0) is 20.5. The van der Waals surface area contributed by atoms with E-state index < -0.39 is 6.04 Å². The molecule has 0 amide bonds. The summed E-state index contributed by atoms with van der Waals surface area (Å²) in [6.45, 7) is 2.25. The van der Waals surface area contributed by atoms with Crippen LogP contribution in [0, 0.1) is 6.92 Å². The van der Waals surface area contributed by atoms with Gasteiger partial charge in [-0.3, -0.25) is 0 Å². The van der Waals surface area contributed by atoms with Gasteiger partial charge in [-0.25, -0.2) is 4.79 Å². The lowest BCUT2D eigenvalue weighted by atomic mass is 10.1. The minimum Gasteiger partial charge on any atom is -0.459 e. The van der Waals surface area contributed by atoms with Gasteiger partial charge in [-0.05, 0) is 42.4 Å². The van der Waals surface area contributed by atoms with Crippen molar-refractivity contribution in [1.29, 1.82) is 0 Å². The summed E-state index contributed by atoms with van der Waals surface area (Å²) in [5.41, 5.74) is 4.00. The Labute approximate surface area is 176 Å². The molecular weight excluding hydrogens is 380 g/mol. The third kappa shape index (κ3) is 6.73. The Bertz CT molecular complexity index is 928. The van der Waals surface area contributed by atoms with Crippen LogP contribution in [0.25, 0.3) is 0 Å². The molecule has 0 aliphatic carbocycles. The summed E-state index contributed by atoms with van der Waals surface area (Å²) in [7, 11) is 0. The van der Waals surface area contributed by atoms with Crippen LogP contribution in [-0.2, 0) is 22.6 Å². The largest absolute Gasteiger partial charge is 0.459 e. The van der Waals surface area contributed by atoms with Gasteiger partial charge in [-0.1, -0.05) is 78.4 Å². The maximum Gasteiger partial charge on any atom is 0.329 e. The number of anilines is 1. The lowest BCUT2D eigenvalue weighted by Crippen LogP contribution is -2.45. The summed E-state index contributed by atoms with van der Waals surface area (Å²) in [6, 6.07) is 26.7. The van der Waals surface area contributed by atoms with E-state index in [-0.39, 0.29) is 12.6 Å². The van der Waals surface area contributed by atoms with Crippen LogP contribution in [0.3, 0.4) is 0 Å². The molecule has 29 heavy (non-hydrogen) atoms. The molecular formula is C24H24N2O2S. The van der Waals surface area contributed by atoms with E-state index in [0.717, 1.165) is 16.8 Å². The predicted octanol–water partition coefficient (Wildman–Crippen LogP) is 4.64. The molecule has 1 atom stereocenters. The highest BCUT2D eigenvalue weighted by atomic mass is 32.1. The molecule has 0 saturated carbocycles. The maximum absolute atomic E-state index is 12.8. The summed E-state index contributed by atoms with van der Waals surface area (Å²) in [5.74, 6) is -0.342. The zero-order valence-electron chi connectivity index (χ0n) is 16.3. The van der Waals surface area contributed by atoms with Gasteiger partial charge in [-0.15, -0.1) is 0 Å². The fourth-order valence-electron chi connectivity index (χ4n) is 2.83. The molecule has 2 N–H and O–H groups in total. The van der Waals surface area contributed by atoms with Crippen LogP contribution in [-0.4, -0.2) is 17.1 Å². The number of carbonyl (C=O) groups excluding carboxylic acids is 1. The number of nitrogens with one attached hydrogen (secondary N) is 2. The Morgan fingerprint density at radius 1 is 0.897 bits per heavy atom. The molecule has 0 spiro atoms. The monoisotopic (exact) mass is 404 g/mol. The number of hydrogen-bond acceptors (Lipinski definition) is 3. The first-order valence-corrected chi connectivity index (χ1v) is 9.89. The highest BCUT2D eigenvalue weighted by Crippen LogP contribution is 2.10. The van der Waals surface area contributed by atoms with Gasteiger partial charge in [-0.2, -0.15) is 0 Å². The quantitative estimate of drug-likeness (QED) is 0.444. The molecule has 0 heterocycles. The summed E-state index contributed by atoms with van der Waals surface area (Å²) >= 11 is 5.43. The highest BCUT2D eigenvalue weighted by Gasteiger charge is 2.22. The predicted molar refractivity (Wildman–Crippen MR) is 121 cm³/mol. The summed E-state index contributed by atoms with van der Waals surface area (Å²) in [6.07, 6.45) is 0.476. The van der Waals surface area contributed by atoms with Crippen molar-refractivity contribution >= 4 is 29.0 Å². The minimum absolute atomic E-state index is 0.227. The van der Waals surface area contributed by atoms with E-state index in [1.807, 2.05) is 91.9 Å². The van der Waals surface area contributed by atoms with Crippen molar-refractivity contribution in [1.82, 2.24) is 5.32 Å². The van der Waals surface area contributed by atoms with Gasteiger partial charge >= 0.3 is 5.97 Å². The van der Waals surface area contributed by atoms with E-state index in [1.54, 1.807) is 0 Å². The van der Waals surface area contributed by atoms with Crippen LogP contribution in [0.15, 0.2) is 84.9 Å². The Hall–Kier alpha value is -3.18. The second kappa shape index (κ2) is 10.4. The van der Waals surface area contributed by atoms with E-state index in [4.69, 9.17) is 17.0 Å². The van der Waals surface area contributed by atoms with Crippen molar-refractivity contribution in [2.75, 3.05) is 5.32 Å². The second-order valence-electron chi connectivity index (χ2n) is 6.80. The number of ether oxygens (including phenoxy) is 1. The summed E-state index contributed by atoms with van der Waals surface area (Å²) in [4.78, 5) is 12.8. The van der Waals surface area contributed by atoms with Crippen molar-refractivity contribution in [2.45, 2.75) is 26.0 Å². The lowest BCUT2D eigenvalue weighted by molar-refractivity contribution is -0.147. The van der Waals surface area contributed by atoms with E-state index in [9.17, 15) is 4.79 Å². The van der Waals surface area contributed by atoms with Gasteiger partial charge in [0.2, 0.25) is 0 Å². The topological polar surface area (TPSA) is 50.4 Å². The van der Waals surface area contributed by atoms with Crippen LogP contribution in [0.5, 0.6) is 0 Å². The number of benzene rings is 3. The van der Waals surface area contributed by atoms with Crippen molar-refractivity contribution in [3.8, 4) is 0 Å². The number of rotatable bonds is 7. The Kier molecular flexibility index (Phi) is 7.36. The Morgan fingerprint density at radius 2 is 1.48 bits per heavy atom. The number of thiocarbonyl (C=S) groups is 1. The third-order valence-corrected chi connectivity index (χ3v) is 4.63. The molecule has 0 bridgehead atoms. The van der Waals surface area contributed by atoms with E-state index in [0.29, 0.717) is 11.5 Å². The van der Waals surface area contributed by atoms with E-state index >= 15 is 0 Å². The van der Waals surface area contributed by atoms with Crippen molar-refractivity contribution in [3.05, 3.63) is 102 Å². The molecule has 0 radical (unpaired) electrons. The molecule has 3 aromatic carbocycles. The lowest BCUT2D eigenvalue weighted by Gasteiger charge is -2.20. The molecule has 0 aliphatic heterocycles. The fourth-order valence-corrected chi connectivity index (χ4v) is 3.09. The minimum atomic E-state index is -0.591. The highest BCUT2D eigenvalue weighted by molar-refractivity contribution is 7.80. The average Bonchev–Trinajstić information content (AvgIpc) is 2.74. The Morgan fingerprint density at radius 3 is 2.10 bits per heavy atom. The van der Waals surface area contributed by atoms with Crippen LogP contribution >= 0.6 is 12.2 Å². The summed E-state index contributed by atoms with van der Waals surface area (Å²) < 4.78 is 5.54. The Balaban J connectivity index is 1.65. The second-order valence-corrected chi connectivity index (χ2v) is 7.21. The maximum atomic E-state index is 12.8. The van der Waals surface area contributed by atoms with E-state index in [2.05, 4.69) is 10.6 Å². The number of aryl methyl sites for hydroxylation is 1. The molecule has 0 aromatic heterocycles. The average molecular weight is 405 g/mol. The van der Waals surface area contributed by atoms with Gasteiger partial charge in [0.05, 0.1) is 0 Å².